The van der Waals surface area contributed by atoms with Crippen LogP contribution in [0, 0.1) is 5.41 Å². The lowest BCUT2D eigenvalue weighted by molar-refractivity contribution is 0.157. The lowest BCUT2D eigenvalue weighted by atomic mass is 9.89. The molecule has 0 atom stereocenters. The van der Waals surface area contributed by atoms with Gasteiger partial charge in [-0.1, -0.05) is 19.9 Å². The minimum absolute atomic E-state index is 0.152. The normalized spacial score (nSPS) is 11.6. The molecule has 0 radical (unpaired) electrons. The third-order valence-corrected chi connectivity index (χ3v) is 3.69. The Morgan fingerprint density at radius 2 is 2.00 bits per heavy atom. The molecule has 0 unspecified atom stereocenters. The molecule has 0 aliphatic heterocycles. The van der Waals surface area contributed by atoms with E-state index >= 15 is 0 Å². The molecule has 0 aliphatic carbocycles. The first-order valence-electron chi connectivity index (χ1n) is 7.21. The molecule has 0 fully saturated rings. The summed E-state index contributed by atoms with van der Waals surface area (Å²) in [6, 6.07) is 8.05. The van der Waals surface area contributed by atoms with Crippen LogP contribution < -0.4 is 10.1 Å². The Labute approximate surface area is 126 Å². The fourth-order valence-corrected chi connectivity index (χ4v) is 2.21. The van der Waals surface area contributed by atoms with E-state index in [0.717, 1.165) is 41.9 Å². The highest BCUT2D eigenvalue weighted by molar-refractivity contribution is 5.92. The Hall–Kier alpha value is -1.81. The minimum atomic E-state index is 0.152. The van der Waals surface area contributed by atoms with E-state index < -0.39 is 0 Å². The van der Waals surface area contributed by atoms with Crippen LogP contribution >= 0.6 is 0 Å². The van der Waals surface area contributed by atoms with Crippen molar-refractivity contribution >= 4 is 16.6 Å². The molecule has 2 aromatic rings. The van der Waals surface area contributed by atoms with Gasteiger partial charge in [0.1, 0.15) is 11.6 Å². The number of pyridine rings is 1. The number of aromatic nitrogens is 1. The van der Waals surface area contributed by atoms with E-state index in [0.29, 0.717) is 0 Å². The largest absolute Gasteiger partial charge is 0.497 e. The van der Waals surface area contributed by atoms with E-state index in [1.54, 1.807) is 14.2 Å². The third kappa shape index (κ3) is 4.08. The van der Waals surface area contributed by atoms with Crippen LogP contribution in [-0.4, -0.2) is 32.4 Å². The van der Waals surface area contributed by atoms with Crippen molar-refractivity contribution in [1.29, 1.82) is 0 Å². The molecule has 0 saturated carbocycles. The van der Waals surface area contributed by atoms with Crippen molar-refractivity contribution in [3.05, 3.63) is 30.5 Å². The van der Waals surface area contributed by atoms with Gasteiger partial charge in [-0.25, -0.2) is 4.98 Å². The van der Waals surface area contributed by atoms with Crippen molar-refractivity contribution in [1.82, 2.24) is 4.98 Å². The van der Waals surface area contributed by atoms with E-state index in [4.69, 9.17) is 9.47 Å². The maximum absolute atomic E-state index is 5.30. The molecule has 1 heterocycles. The second kappa shape index (κ2) is 6.76. The van der Waals surface area contributed by atoms with Crippen molar-refractivity contribution in [3.8, 4) is 5.75 Å². The first kappa shape index (κ1) is 15.6. The van der Waals surface area contributed by atoms with Crippen molar-refractivity contribution in [2.24, 2.45) is 5.41 Å². The van der Waals surface area contributed by atoms with E-state index in [2.05, 4.69) is 30.2 Å². The number of nitrogens with one attached hydrogen (secondary N) is 1. The number of nitrogens with zero attached hydrogens (tertiary/aromatic N) is 1. The van der Waals surface area contributed by atoms with Gasteiger partial charge < -0.3 is 14.8 Å². The van der Waals surface area contributed by atoms with Gasteiger partial charge in [0.05, 0.1) is 7.11 Å². The lowest BCUT2D eigenvalue weighted by Gasteiger charge is -2.25. The van der Waals surface area contributed by atoms with Gasteiger partial charge in [0.2, 0.25) is 0 Å². The molecular formula is C17H24N2O2. The average Bonchev–Trinajstić information content (AvgIpc) is 2.50. The van der Waals surface area contributed by atoms with Gasteiger partial charge in [-0.2, -0.15) is 0 Å². The van der Waals surface area contributed by atoms with Crippen molar-refractivity contribution in [3.63, 3.8) is 0 Å². The number of fused-ring (bicyclic) bond motifs is 1. The molecule has 4 nitrogen and oxygen atoms in total. The summed E-state index contributed by atoms with van der Waals surface area (Å²) in [4.78, 5) is 4.47. The van der Waals surface area contributed by atoms with Crippen LogP contribution in [-0.2, 0) is 4.74 Å². The summed E-state index contributed by atoms with van der Waals surface area (Å²) in [6.45, 7) is 6.07. The molecule has 0 bridgehead atoms. The molecule has 0 aliphatic rings. The highest BCUT2D eigenvalue weighted by atomic mass is 16.5. The van der Waals surface area contributed by atoms with Crippen LogP contribution in [0.1, 0.15) is 20.3 Å². The van der Waals surface area contributed by atoms with E-state index in [9.17, 15) is 0 Å². The van der Waals surface area contributed by atoms with Crippen molar-refractivity contribution < 1.29 is 9.47 Å². The maximum atomic E-state index is 5.30. The summed E-state index contributed by atoms with van der Waals surface area (Å²) in [5, 5.41) is 5.70. The smallest absolute Gasteiger partial charge is 0.133 e. The van der Waals surface area contributed by atoms with Crippen LogP contribution in [0.25, 0.3) is 10.8 Å². The quantitative estimate of drug-likeness (QED) is 0.843. The number of anilines is 1. The summed E-state index contributed by atoms with van der Waals surface area (Å²) in [5.74, 6) is 1.74. The number of ether oxygens (including phenoxy) is 2. The van der Waals surface area contributed by atoms with E-state index in [1.807, 2.05) is 24.4 Å². The summed E-state index contributed by atoms with van der Waals surface area (Å²) < 4.78 is 10.5. The molecule has 1 N–H and O–H groups in total. The number of methoxy groups -OCH3 is 2. The van der Waals surface area contributed by atoms with Crippen LogP contribution in [0.2, 0.25) is 0 Å². The molecule has 0 saturated heterocycles. The first-order valence-corrected chi connectivity index (χ1v) is 7.21. The SMILES string of the molecule is COCCC(C)(C)CNc1nccc2ccc(OC)cc12. The molecular weight excluding hydrogens is 264 g/mol. The summed E-state index contributed by atoms with van der Waals surface area (Å²) in [5.41, 5.74) is 0.152. The lowest BCUT2D eigenvalue weighted by Crippen LogP contribution is -2.25. The Morgan fingerprint density at radius 1 is 1.19 bits per heavy atom. The van der Waals surface area contributed by atoms with Crippen molar-refractivity contribution in [2.75, 3.05) is 32.7 Å². The fraction of sp³-hybridized carbons (Fsp3) is 0.471. The number of hydrogen-bond acceptors (Lipinski definition) is 4. The Kier molecular flexibility index (Phi) is 5.02. The number of benzene rings is 1. The average molecular weight is 288 g/mol. The van der Waals surface area contributed by atoms with Crippen LogP contribution in [0.3, 0.4) is 0 Å². The first-order chi connectivity index (χ1) is 10.1. The minimum Gasteiger partial charge on any atom is -0.497 e. The van der Waals surface area contributed by atoms with Gasteiger partial charge in [0.15, 0.2) is 0 Å². The molecule has 2 rings (SSSR count). The van der Waals surface area contributed by atoms with Crippen LogP contribution in [0.15, 0.2) is 30.5 Å². The molecule has 21 heavy (non-hydrogen) atoms. The van der Waals surface area contributed by atoms with Crippen LogP contribution in [0.4, 0.5) is 5.82 Å². The predicted octanol–water partition coefficient (Wildman–Crippen LogP) is 3.72. The Balaban J connectivity index is 2.18. The number of rotatable bonds is 7. The highest BCUT2D eigenvalue weighted by Gasteiger charge is 2.18. The zero-order valence-electron chi connectivity index (χ0n) is 13.3. The van der Waals surface area contributed by atoms with E-state index in [-0.39, 0.29) is 5.41 Å². The zero-order valence-corrected chi connectivity index (χ0v) is 13.3. The fourth-order valence-electron chi connectivity index (χ4n) is 2.21. The molecule has 4 heteroatoms. The predicted molar refractivity (Wildman–Crippen MR) is 87.1 cm³/mol. The van der Waals surface area contributed by atoms with Gasteiger partial charge in [0, 0.05) is 31.8 Å². The Bertz CT molecular complexity index is 596. The zero-order chi connectivity index (χ0) is 15.3. The molecule has 0 amide bonds. The van der Waals surface area contributed by atoms with E-state index in [1.165, 1.54) is 0 Å². The second-order valence-electron chi connectivity index (χ2n) is 6.01. The highest BCUT2D eigenvalue weighted by Crippen LogP contribution is 2.27. The van der Waals surface area contributed by atoms with Gasteiger partial charge in [-0.05, 0) is 35.4 Å². The Morgan fingerprint density at radius 3 is 2.71 bits per heavy atom. The summed E-state index contributed by atoms with van der Waals surface area (Å²) >= 11 is 0. The molecule has 0 spiro atoms. The molecule has 1 aromatic carbocycles. The van der Waals surface area contributed by atoms with Crippen LogP contribution in [0.5, 0.6) is 5.75 Å². The van der Waals surface area contributed by atoms with Gasteiger partial charge in [-0.15, -0.1) is 0 Å². The molecule has 1 aromatic heterocycles. The van der Waals surface area contributed by atoms with Gasteiger partial charge in [0.25, 0.3) is 0 Å². The third-order valence-electron chi connectivity index (χ3n) is 3.69. The van der Waals surface area contributed by atoms with Gasteiger partial charge in [-0.3, -0.25) is 0 Å². The maximum Gasteiger partial charge on any atom is 0.133 e. The summed E-state index contributed by atoms with van der Waals surface area (Å²) in [6.07, 6.45) is 2.84. The van der Waals surface area contributed by atoms with Crippen molar-refractivity contribution in [2.45, 2.75) is 20.3 Å². The second-order valence-corrected chi connectivity index (χ2v) is 6.01. The number of hydrogen-bond donors (Lipinski definition) is 1. The topological polar surface area (TPSA) is 43.4 Å². The standard InChI is InChI=1S/C17H24N2O2/c1-17(2,8-10-20-3)12-19-16-15-11-14(21-4)6-5-13(15)7-9-18-16/h5-7,9,11H,8,10,12H2,1-4H3,(H,18,19). The summed E-state index contributed by atoms with van der Waals surface area (Å²) in [7, 11) is 3.42. The van der Waals surface area contributed by atoms with Gasteiger partial charge >= 0.3 is 0 Å². The monoisotopic (exact) mass is 288 g/mol. The molecule has 114 valence electrons.